The van der Waals surface area contributed by atoms with E-state index in [9.17, 15) is 13.5 Å². The van der Waals surface area contributed by atoms with Gasteiger partial charge in [0, 0.05) is 19.1 Å². The number of hydrogen-bond donors (Lipinski definition) is 1. The molecule has 2 unspecified atom stereocenters. The van der Waals surface area contributed by atoms with Gasteiger partial charge in [0.2, 0.25) is 0 Å². The Morgan fingerprint density at radius 1 is 1.27 bits per heavy atom. The molecule has 0 rings (SSSR count). The van der Waals surface area contributed by atoms with Gasteiger partial charge in [0.1, 0.15) is 9.84 Å². The fraction of sp³-hybridized carbons (Fsp3) is 1.00. The molecule has 0 radical (unpaired) electrons. The Balaban J connectivity index is 3.54. The fourth-order valence-electron chi connectivity index (χ4n) is 1.27. The number of sulfone groups is 1. The van der Waals surface area contributed by atoms with Crippen molar-refractivity contribution in [1.82, 2.24) is 0 Å². The van der Waals surface area contributed by atoms with Gasteiger partial charge in [-0.2, -0.15) is 0 Å². The van der Waals surface area contributed by atoms with Gasteiger partial charge in [0.05, 0.1) is 12.2 Å². The summed E-state index contributed by atoms with van der Waals surface area (Å²) in [6, 6.07) is 0. The average molecular weight is 238 g/mol. The third kappa shape index (κ3) is 10.2. The molecule has 0 saturated heterocycles. The van der Waals surface area contributed by atoms with Crippen molar-refractivity contribution in [3.8, 4) is 0 Å². The number of hydrogen-bond acceptors (Lipinski definition) is 4. The van der Waals surface area contributed by atoms with Crippen molar-refractivity contribution in [2.45, 2.75) is 44.8 Å². The fourth-order valence-corrected chi connectivity index (χ4v) is 1.96. The molecule has 0 aliphatic rings. The first-order valence-corrected chi connectivity index (χ1v) is 7.30. The van der Waals surface area contributed by atoms with Crippen LogP contribution in [-0.2, 0) is 14.6 Å². The van der Waals surface area contributed by atoms with Gasteiger partial charge in [0.25, 0.3) is 0 Å². The summed E-state index contributed by atoms with van der Waals surface area (Å²) in [4.78, 5) is 0. The van der Waals surface area contributed by atoms with Crippen molar-refractivity contribution in [1.29, 1.82) is 0 Å². The smallest absolute Gasteiger partial charge is 0.147 e. The van der Waals surface area contributed by atoms with E-state index < -0.39 is 15.9 Å². The Morgan fingerprint density at radius 3 is 2.33 bits per heavy atom. The molecule has 0 amide bonds. The molecule has 0 saturated carbocycles. The van der Waals surface area contributed by atoms with E-state index in [1.165, 1.54) is 6.26 Å². The predicted molar refractivity (Wildman–Crippen MR) is 60.7 cm³/mol. The standard InChI is InChI=1S/C10H22O4S/c1-9(14-2)6-7-10(11)5-4-8-15(3,12)13/h9-11H,4-8H2,1-3H3. The van der Waals surface area contributed by atoms with Crippen molar-refractivity contribution < 1.29 is 18.3 Å². The van der Waals surface area contributed by atoms with Crippen molar-refractivity contribution in [3.05, 3.63) is 0 Å². The quantitative estimate of drug-likeness (QED) is 0.685. The zero-order chi connectivity index (χ0) is 11.9. The van der Waals surface area contributed by atoms with Crippen molar-refractivity contribution in [3.63, 3.8) is 0 Å². The summed E-state index contributed by atoms with van der Waals surface area (Å²) in [6.45, 7) is 1.95. The highest BCUT2D eigenvalue weighted by atomic mass is 32.2. The average Bonchev–Trinajstić information content (AvgIpc) is 2.12. The van der Waals surface area contributed by atoms with Gasteiger partial charge >= 0.3 is 0 Å². The first kappa shape index (κ1) is 14.9. The van der Waals surface area contributed by atoms with Gasteiger partial charge in [0.15, 0.2) is 0 Å². The molecule has 0 aliphatic heterocycles. The third-order valence-corrected chi connectivity index (χ3v) is 3.39. The normalized spacial score (nSPS) is 16.3. The maximum absolute atomic E-state index is 10.8. The second kappa shape index (κ2) is 7.19. The monoisotopic (exact) mass is 238 g/mol. The first-order chi connectivity index (χ1) is 6.85. The summed E-state index contributed by atoms with van der Waals surface area (Å²) < 4.78 is 26.7. The Labute approximate surface area is 92.6 Å². The van der Waals surface area contributed by atoms with Crippen LogP contribution in [0.5, 0.6) is 0 Å². The molecule has 0 aromatic heterocycles. The number of methoxy groups -OCH3 is 1. The Hall–Kier alpha value is -0.130. The topological polar surface area (TPSA) is 63.6 Å². The van der Waals surface area contributed by atoms with Gasteiger partial charge in [-0.15, -0.1) is 0 Å². The number of aliphatic hydroxyl groups is 1. The maximum Gasteiger partial charge on any atom is 0.147 e. The van der Waals surface area contributed by atoms with Crippen LogP contribution < -0.4 is 0 Å². The minimum atomic E-state index is -2.89. The lowest BCUT2D eigenvalue weighted by molar-refractivity contribution is 0.0824. The molecular formula is C10H22O4S. The summed E-state index contributed by atoms with van der Waals surface area (Å²) in [5.74, 6) is 0.157. The van der Waals surface area contributed by atoms with Crippen LogP contribution in [0.3, 0.4) is 0 Å². The van der Waals surface area contributed by atoms with Gasteiger partial charge in [-0.1, -0.05) is 0 Å². The molecule has 0 aromatic rings. The molecule has 0 aromatic carbocycles. The van der Waals surface area contributed by atoms with Crippen LogP contribution in [0.15, 0.2) is 0 Å². The molecule has 0 aliphatic carbocycles. The van der Waals surface area contributed by atoms with Gasteiger partial charge < -0.3 is 9.84 Å². The molecular weight excluding hydrogens is 216 g/mol. The predicted octanol–water partition coefficient (Wildman–Crippen LogP) is 0.987. The summed E-state index contributed by atoms with van der Waals surface area (Å²) >= 11 is 0. The zero-order valence-electron chi connectivity index (χ0n) is 9.77. The highest BCUT2D eigenvalue weighted by Gasteiger charge is 2.09. The minimum absolute atomic E-state index is 0.148. The molecule has 0 spiro atoms. The largest absolute Gasteiger partial charge is 0.393 e. The molecule has 0 heterocycles. The lowest BCUT2D eigenvalue weighted by Crippen LogP contribution is -2.14. The molecule has 92 valence electrons. The highest BCUT2D eigenvalue weighted by Crippen LogP contribution is 2.09. The molecule has 0 fully saturated rings. The Bertz CT molecular complexity index is 248. The second-order valence-corrected chi connectivity index (χ2v) is 6.31. The van der Waals surface area contributed by atoms with Crippen LogP contribution in [0.4, 0.5) is 0 Å². The van der Waals surface area contributed by atoms with Crippen LogP contribution in [0, 0.1) is 0 Å². The van der Waals surface area contributed by atoms with Gasteiger partial charge in [-0.05, 0) is 32.6 Å². The lowest BCUT2D eigenvalue weighted by atomic mass is 10.1. The van der Waals surface area contributed by atoms with Crippen molar-refractivity contribution in [2.75, 3.05) is 19.1 Å². The zero-order valence-corrected chi connectivity index (χ0v) is 10.6. The minimum Gasteiger partial charge on any atom is -0.393 e. The van der Waals surface area contributed by atoms with Crippen LogP contribution in [-0.4, -0.2) is 44.9 Å². The van der Waals surface area contributed by atoms with E-state index in [1.54, 1.807) is 7.11 Å². The summed E-state index contributed by atoms with van der Waals surface area (Å²) in [7, 11) is -1.25. The molecule has 4 nitrogen and oxygen atoms in total. The summed E-state index contributed by atoms with van der Waals surface area (Å²) in [5, 5.41) is 9.54. The SMILES string of the molecule is COC(C)CCC(O)CCCS(C)(=O)=O. The number of rotatable bonds is 8. The van der Waals surface area contributed by atoms with Crippen LogP contribution in [0.1, 0.15) is 32.6 Å². The first-order valence-electron chi connectivity index (χ1n) is 5.23. The van der Waals surface area contributed by atoms with E-state index in [1.807, 2.05) is 6.92 Å². The molecule has 1 N–H and O–H groups in total. The van der Waals surface area contributed by atoms with E-state index in [4.69, 9.17) is 4.74 Å². The van der Waals surface area contributed by atoms with E-state index in [-0.39, 0.29) is 11.9 Å². The number of aliphatic hydroxyl groups excluding tert-OH is 1. The molecule has 0 bridgehead atoms. The Morgan fingerprint density at radius 2 is 1.87 bits per heavy atom. The van der Waals surface area contributed by atoms with Crippen LogP contribution >= 0.6 is 0 Å². The molecule has 15 heavy (non-hydrogen) atoms. The third-order valence-electron chi connectivity index (χ3n) is 2.36. The molecule has 5 heteroatoms. The second-order valence-electron chi connectivity index (χ2n) is 4.05. The summed E-state index contributed by atoms with van der Waals surface area (Å²) in [5.41, 5.74) is 0. The van der Waals surface area contributed by atoms with Gasteiger partial charge in [-0.25, -0.2) is 8.42 Å². The van der Waals surface area contributed by atoms with E-state index in [0.29, 0.717) is 19.3 Å². The maximum atomic E-state index is 10.8. The van der Waals surface area contributed by atoms with Crippen molar-refractivity contribution in [2.24, 2.45) is 0 Å². The van der Waals surface area contributed by atoms with Gasteiger partial charge in [-0.3, -0.25) is 0 Å². The van der Waals surface area contributed by atoms with E-state index >= 15 is 0 Å². The van der Waals surface area contributed by atoms with Crippen LogP contribution in [0.25, 0.3) is 0 Å². The van der Waals surface area contributed by atoms with Crippen molar-refractivity contribution >= 4 is 9.84 Å². The highest BCUT2D eigenvalue weighted by molar-refractivity contribution is 7.90. The van der Waals surface area contributed by atoms with E-state index in [2.05, 4.69) is 0 Å². The summed E-state index contributed by atoms with van der Waals surface area (Å²) in [6.07, 6.45) is 3.49. The van der Waals surface area contributed by atoms with Crippen LogP contribution in [0.2, 0.25) is 0 Å². The molecule has 2 atom stereocenters. The van der Waals surface area contributed by atoms with E-state index in [0.717, 1.165) is 6.42 Å². The lowest BCUT2D eigenvalue weighted by Gasteiger charge is -2.13. The Kier molecular flexibility index (Phi) is 7.13. The number of ether oxygens (including phenoxy) is 1.